The summed E-state index contributed by atoms with van der Waals surface area (Å²) in [6.07, 6.45) is 0. The van der Waals surface area contributed by atoms with Crippen molar-refractivity contribution in [1.82, 2.24) is 4.90 Å². The van der Waals surface area contributed by atoms with Crippen LogP contribution in [0.5, 0.6) is 0 Å². The lowest BCUT2D eigenvalue weighted by molar-refractivity contribution is -0.0268. The zero-order chi connectivity index (χ0) is 34.5. The van der Waals surface area contributed by atoms with Crippen molar-refractivity contribution in [3.63, 3.8) is 0 Å². The number of imide groups is 1. The summed E-state index contributed by atoms with van der Waals surface area (Å²) in [4.78, 5) is 25.8. The molecule has 48 heavy (non-hydrogen) atoms. The van der Waals surface area contributed by atoms with Crippen LogP contribution < -0.4 is 0 Å². The van der Waals surface area contributed by atoms with Crippen molar-refractivity contribution in [2.75, 3.05) is 145 Å². The Morgan fingerprint density at radius 3 is 0.938 bits per heavy atom. The average molecular weight is 704 g/mol. The quantitative estimate of drug-likeness (QED) is 0.0590. The van der Waals surface area contributed by atoms with E-state index in [1.807, 2.05) is 0 Å². The zero-order valence-corrected chi connectivity index (χ0v) is 30.1. The number of rotatable bonds is 34. The molecule has 15 heteroatoms. The molecule has 1 aromatic rings. The molecule has 1 aliphatic heterocycles. The number of carbonyl (C=O) groups is 2. The van der Waals surface area contributed by atoms with Gasteiger partial charge in [-0.2, -0.15) is 0 Å². The van der Waals surface area contributed by atoms with Gasteiger partial charge in [0.15, 0.2) is 8.32 Å². The second kappa shape index (κ2) is 27.9. The third kappa shape index (κ3) is 21.3. The lowest BCUT2D eigenvalue weighted by atomic mass is 10.1. The van der Waals surface area contributed by atoms with E-state index in [1.165, 1.54) is 4.90 Å². The number of carbonyl (C=O) groups excluding carboxylic acids is 2. The van der Waals surface area contributed by atoms with E-state index >= 15 is 0 Å². The lowest BCUT2D eigenvalue weighted by Crippen LogP contribution is -2.33. The molecule has 0 atom stereocenters. The first-order chi connectivity index (χ1) is 23.4. The minimum atomic E-state index is -1.46. The van der Waals surface area contributed by atoms with E-state index in [4.69, 9.17) is 51.8 Å². The van der Waals surface area contributed by atoms with E-state index in [1.54, 1.807) is 24.3 Å². The van der Waals surface area contributed by atoms with Crippen molar-refractivity contribution in [2.45, 2.75) is 19.6 Å². The van der Waals surface area contributed by atoms with Gasteiger partial charge in [-0.25, -0.2) is 0 Å². The number of benzene rings is 1. The van der Waals surface area contributed by atoms with Crippen molar-refractivity contribution in [3.8, 4) is 0 Å². The minimum absolute atomic E-state index is 0.215. The standard InChI is InChI=1S/C33H57NO13Si/c1-48(2,3)47-29-28-46-27-26-45-25-24-44-23-22-43-21-20-42-19-18-41-17-16-40-15-14-39-13-12-38-11-10-37-9-8-34-32(35)30-6-4-5-7-31(30)33(34)36/h4-7H,8-29H2,1-3H3. The Morgan fingerprint density at radius 1 is 0.417 bits per heavy atom. The van der Waals surface area contributed by atoms with Crippen LogP contribution in [0.2, 0.25) is 19.6 Å². The van der Waals surface area contributed by atoms with Crippen LogP contribution in [0.4, 0.5) is 0 Å². The number of amides is 2. The Labute approximate surface area is 286 Å². The van der Waals surface area contributed by atoms with Gasteiger partial charge in [-0.3, -0.25) is 14.5 Å². The molecular formula is C33H57NO13Si. The molecule has 0 aromatic heterocycles. The van der Waals surface area contributed by atoms with E-state index < -0.39 is 8.32 Å². The fraction of sp³-hybridized carbons (Fsp3) is 0.758. The summed E-state index contributed by atoms with van der Waals surface area (Å²) in [6, 6.07) is 6.82. The predicted octanol–water partition coefficient (Wildman–Crippen LogP) is 2.30. The molecule has 2 rings (SSSR count). The van der Waals surface area contributed by atoms with Gasteiger partial charge in [-0.1, -0.05) is 12.1 Å². The molecular weight excluding hydrogens is 646 g/mol. The summed E-state index contributed by atoms with van der Waals surface area (Å²) < 4.78 is 60.5. The Hall–Kier alpha value is -1.86. The molecule has 0 saturated heterocycles. The van der Waals surface area contributed by atoms with E-state index in [0.717, 1.165) is 0 Å². The highest BCUT2D eigenvalue weighted by Gasteiger charge is 2.34. The highest BCUT2D eigenvalue weighted by molar-refractivity contribution is 6.69. The molecule has 1 aromatic carbocycles. The molecule has 0 radical (unpaired) electrons. The Balaban J connectivity index is 1.18. The summed E-state index contributed by atoms with van der Waals surface area (Å²) in [5.41, 5.74) is 0.885. The fourth-order valence-electron chi connectivity index (χ4n) is 4.09. The zero-order valence-electron chi connectivity index (χ0n) is 29.1. The molecule has 0 unspecified atom stereocenters. The van der Waals surface area contributed by atoms with Gasteiger partial charge in [-0.15, -0.1) is 0 Å². The number of fused-ring (bicyclic) bond motifs is 1. The normalized spacial score (nSPS) is 13.2. The first kappa shape index (κ1) is 42.3. The number of hydrogen-bond acceptors (Lipinski definition) is 13. The van der Waals surface area contributed by atoms with E-state index in [0.29, 0.717) is 143 Å². The second-order valence-corrected chi connectivity index (χ2v) is 15.9. The molecule has 0 aliphatic carbocycles. The number of nitrogens with zero attached hydrogens (tertiary/aromatic N) is 1. The average Bonchev–Trinajstić information content (AvgIpc) is 3.31. The SMILES string of the molecule is C[Si](C)(C)OCCOCCOCCOCCOCCOCCOCCOCCOCCOCCOCCN1C(=O)c2ccccc2C1=O. The van der Waals surface area contributed by atoms with Crippen molar-refractivity contribution in [2.24, 2.45) is 0 Å². The monoisotopic (exact) mass is 703 g/mol. The van der Waals surface area contributed by atoms with E-state index in [2.05, 4.69) is 19.6 Å². The van der Waals surface area contributed by atoms with Gasteiger partial charge in [0.2, 0.25) is 0 Å². The lowest BCUT2D eigenvalue weighted by Gasteiger charge is -2.16. The highest BCUT2D eigenvalue weighted by Crippen LogP contribution is 2.21. The van der Waals surface area contributed by atoms with Gasteiger partial charge in [0.05, 0.1) is 156 Å². The maximum absolute atomic E-state index is 12.3. The van der Waals surface area contributed by atoms with Crippen molar-refractivity contribution in [3.05, 3.63) is 35.4 Å². The molecule has 0 saturated carbocycles. The second-order valence-electron chi connectivity index (χ2n) is 11.4. The van der Waals surface area contributed by atoms with Crippen LogP contribution in [0, 0.1) is 0 Å². The van der Waals surface area contributed by atoms with Crippen molar-refractivity contribution in [1.29, 1.82) is 0 Å². The third-order valence-electron chi connectivity index (χ3n) is 6.45. The molecule has 0 spiro atoms. The molecule has 0 fully saturated rings. The van der Waals surface area contributed by atoms with Crippen LogP contribution in [0.15, 0.2) is 24.3 Å². The Bertz CT molecular complexity index is 931. The molecule has 1 heterocycles. The Morgan fingerprint density at radius 2 is 0.667 bits per heavy atom. The predicted molar refractivity (Wildman–Crippen MR) is 179 cm³/mol. The third-order valence-corrected chi connectivity index (χ3v) is 7.52. The summed E-state index contributed by atoms with van der Waals surface area (Å²) in [5, 5.41) is 0. The van der Waals surface area contributed by atoms with Crippen LogP contribution in [-0.2, 0) is 51.8 Å². The van der Waals surface area contributed by atoms with Crippen LogP contribution in [0.1, 0.15) is 20.7 Å². The summed E-state index contributed by atoms with van der Waals surface area (Å²) in [6.45, 7) is 16.9. The Kier molecular flexibility index (Phi) is 24.6. The maximum atomic E-state index is 12.3. The minimum Gasteiger partial charge on any atom is -0.415 e. The number of hydrogen-bond donors (Lipinski definition) is 0. The first-order valence-corrected chi connectivity index (χ1v) is 20.2. The van der Waals surface area contributed by atoms with Crippen LogP contribution in [0.3, 0.4) is 0 Å². The molecule has 1 aliphatic rings. The van der Waals surface area contributed by atoms with Gasteiger partial charge in [0.25, 0.3) is 11.8 Å². The van der Waals surface area contributed by atoms with Crippen LogP contribution in [0.25, 0.3) is 0 Å². The fourth-order valence-corrected chi connectivity index (χ4v) is 4.78. The number of ether oxygens (including phenoxy) is 10. The molecule has 2 amide bonds. The topological polar surface area (TPSA) is 139 Å². The van der Waals surface area contributed by atoms with Gasteiger partial charge < -0.3 is 51.8 Å². The highest BCUT2D eigenvalue weighted by atomic mass is 28.4. The molecule has 14 nitrogen and oxygen atoms in total. The largest absolute Gasteiger partial charge is 0.415 e. The van der Waals surface area contributed by atoms with Crippen molar-refractivity contribution >= 4 is 20.1 Å². The first-order valence-electron chi connectivity index (χ1n) is 16.8. The molecule has 0 bridgehead atoms. The maximum Gasteiger partial charge on any atom is 0.261 e. The van der Waals surface area contributed by atoms with Crippen LogP contribution >= 0.6 is 0 Å². The van der Waals surface area contributed by atoms with Gasteiger partial charge in [-0.05, 0) is 31.8 Å². The van der Waals surface area contributed by atoms with Gasteiger partial charge >= 0.3 is 0 Å². The summed E-state index contributed by atoms with van der Waals surface area (Å²) in [5.74, 6) is -0.554. The summed E-state index contributed by atoms with van der Waals surface area (Å²) >= 11 is 0. The summed E-state index contributed by atoms with van der Waals surface area (Å²) in [7, 11) is -1.46. The van der Waals surface area contributed by atoms with E-state index in [-0.39, 0.29) is 25.0 Å². The van der Waals surface area contributed by atoms with Crippen molar-refractivity contribution < 1.29 is 61.4 Å². The van der Waals surface area contributed by atoms with E-state index in [9.17, 15) is 9.59 Å². The molecule has 0 N–H and O–H groups in total. The molecule has 276 valence electrons. The smallest absolute Gasteiger partial charge is 0.261 e. The van der Waals surface area contributed by atoms with Crippen LogP contribution in [-0.4, -0.2) is 170 Å². The van der Waals surface area contributed by atoms with Gasteiger partial charge in [0.1, 0.15) is 0 Å². The van der Waals surface area contributed by atoms with Gasteiger partial charge in [0, 0.05) is 0 Å².